The van der Waals surface area contributed by atoms with Crippen LogP contribution in [0.25, 0.3) is 0 Å². The zero-order valence-corrected chi connectivity index (χ0v) is 23.2. The van der Waals surface area contributed by atoms with Crippen LogP contribution in [0.4, 0.5) is 0 Å². The van der Waals surface area contributed by atoms with Gasteiger partial charge in [-0.3, -0.25) is 9.59 Å². The highest BCUT2D eigenvalue weighted by Crippen LogP contribution is 2.25. The Morgan fingerprint density at radius 2 is 1.17 bits per heavy atom. The molecule has 0 fully saturated rings. The number of carbonyl (C=O) groups is 2. The molecule has 0 bridgehead atoms. The van der Waals surface area contributed by atoms with Crippen molar-refractivity contribution in [1.82, 2.24) is 0 Å². The van der Waals surface area contributed by atoms with Gasteiger partial charge in [-0.05, 0) is 18.9 Å². The van der Waals surface area contributed by atoms with E-state index < -0.39 is 0 Å². The van der Waals surface area contributed by atoms with Crippen molar-refractivity contribution < 1.29 is 9.59 Å². The van der Waals surface area contributed by atoms with Gasteiger partial charge in [-0.2, -0.15) is 0 Å². The summed E-state index contributed by atoms with van der Waals surface area (Å²) < 4.78 is 0. The van der Waals surface area contributed by atoms with Gasteiger partial charge in [-0.15, -0.1) is 0 Å². The molecule has 0 aromatic heterocycles. The first-order chi connectivity index (χ1) is 17.6. The highest BCUT2D eigenvalue weighted by atomic mass is 16.1. The van der Waals surface area contributed by atoms with Crippen LogP contribution in [-0.2, 0) is 9.59 Å². The number of hydrogen-bond acceptors (Lipinski definition) is 5. The molecule has 5 heteroatoms. The van der Waals surface area contributed by atoms with E-state index in [-0.39, 0.29) is 22.8 Å². The number of carbonyl (C=O) groups excluding carboxylic acids is 2. The van der Waals surface area contributed by atoms with E-state index in [0.29, 0.717) is 17.8 Å². The zero-order valence-electron chi connectivity index (χ0n) is 23.2. The van der Waals surface area contributed by atoms with E-state index in [0.717, 1.165) is 37.9 Å². The van der Waals surface area contributed by atoms with Crippen LogP contribution in [0.15, 0.2) is 33.0 Å². The fourth-order valence-corrected chi connectivity index (χ4v) is 4.98. The number of amidine groups is 1. The zero-order chi connectivity index (χ0) is 26.0. The van der Waals surface area contributed by atoms with E-state index in [2.05, 4.69) is 23.8 Å². The first kappa shape index (κ1) is 30.2. The Morgan fingerprint density at radius 1 is 0.694 bits per heavy atom. The highest BCUT2D eigenvalue weighted by Gasteiger charge is 2.31. The number of hydrogen-bond donors (Lipinski definition) is 1. The molecule has 2 N–H and O–H groups in total. The monoisotopic (exact) mass is 497 g/mol. The highest BCUT2D eigenvalue weighted by molar-refractivity contribution is 6.36. The molecule has 0 saturated heterocycles. The molecule has 0 aromatic carbocycles. The lowest BCUT2D eigenvalue weighted by Gasteiger charge is -2.13. The summed E-state index contributed by atoms with van der Waals surface area (Å²) in [5.41, 5.74) is 7.40. The summed E-state index contributed by atoms with van der Waals surface area (Å²) in [6.45, 7) is 4.49. The molecule has 0 saturated carbocycles. The second kappa shape index (κ2) is 18.2. The number of allylic oxidation sites excluding steroid dienone is 2. The standard InChI is InChI=1S/C31H51N3O2/c1-3-5-7-9-11-13-14-15-16-18-20-22-27(35)25-24-26-30(29(32)31(25)36)34-28(33-26)23-21-19-17-12-10-8-6-4-2/h24H,3-23,32H2,1-2H3. The molecule has 0 amide bonds. The molecule has 0 atom stereocenters. The molecule has 0 spiro atoms. The van der Waals surface area contributed by atoms with Crippen molar-refractivity contribution in [1.29, 1.82) is 0 Å². The Balaban J connectivity index is 1.66. The van der Waals surface area contributed by atoms with E-state index in [1.165, 1.54) is 96.3 Å². The summed E-state index contributed by atoms with van der Waals surface area (Å²) in [5.74, 6) is 0.239. The Morgan fingerprint density at radius 3 is 1.69 bits per heavy atom. The van der Waals surface area contributed by atoms with Crippen LogP contribution in [0.1, 0.15) is 149 Å². The van der Waals surface area contributed by atoms with Crippen LogP contribution in [0, 0.1) is 0 Å². The summed E-state index contributed by atoms with van der Waals surface area (Å²) in [5, 5.41) is 0. The van der Waals surface area contributed by atoms with Gasteiger partial charge in [0.05, 0.1) is 11.3 Å². The largest absolute Gasteiger partial charge is 0.394 e. The summed E-state index contributed by atoms with van der Waals surface area (Å²) >= 11 is 0. The Bertz CT molecular complexity index is 820. The van der Waals surface area contributed by atoms with E-state index in [1.54, 1.807) is 6.08 Å². The number of Topliss-reactive ketones (excluding diaryl/α,β-unsaturated/α-hetero) is 2. The lowest BCUT2D eigenvalue weighted by molar-refractivity contribution is -0.120. The lowest BCUT2D eigenvalue weighted by Crippen LogP contribution is -2.26. The van der Waals surface area contributed by atoms with Gasteiger partial charge in [0.15, 0.2) is 5.78 Å². The molecule has 2 rings (SSSR count). The average Bonchev–Trinajstić information content (AvgIpc) is 3.29. The average molecular weight is 498 g/mol. The first-order valence-corrected chi connectivity index (χ1v) is 15.0. The molecule has 2 aliphatic rings. The van der Waals surface area contributed by atoms with Crippen LogP contribution in [0.2, 0.25) is 0 Å². The summed E-state index contributed by atoms with van der Waals surface area (Å²) in [4.78, 5) is 34.6. The normalized spacial score (nSPS) is 15.2. The molecule has 1 heterocycles. The molecular formula is C31H51N3O2. The van der Waals surface area contributed by atoms with Gasteiger partial charge in [-0.1, -0.05) is 123 Å². The minimum Gasteiger partial charge on any atom is -0.394 e. The minimum absolute atomic E-state index is 0.0736. The van der Waals surface area contributed by atoms with E-state index in [1.807, 2.05) is 0 Å². The second-order valence-corrected chi connectivity index (χ2v) is 10.6. The fourth-order valence-electron chi connectivity index (χ4n) is 4.98. The van der Waals surface area contributed by atoms with Gasteiger partial charge in [0.25, 0.3) is 0 Å². The topological polar surface area (TPSA) is 84.9 Å². The maximum atomic E-state index is 12.8. The molecule has 0 unspecified atom stereocenters. The summed E-state index contributed by atoms with van der Waals surface area (Å²) in [6.07, 6.45) is 26.4. The number of aliphatic imine (C=N–C) groups is 2. The number of unbranched alkanes of at least 4 members (excludes halogenated alkanes) is 17. The molecular weight excluding hydrogens is 446 g/mol. The molecule has 1 aliphatic heterocycles. The lowest BCUT2D eigenvalue weighted by atomic mass is 9.92. The van der Waals surface area contributed by atoms with Crippen LogP contribution < -0.4 is 5.73 Å². The number of fused-ring (bicyclic) bond motifs is 1. The maximum absolute atomic E-state index is 12.8. The fraction of sp³-hybridized carbons (Fsp3) is 0.742. The molecule has 36 heavy (non-hydrogen) atoms. The molecule has 5 nitrogen and oxygen atoms in total. The molecule has 1 aliphatic carbocycles. The molecule has 0 aromatic rings. The number of nitrogens with zero attached hydrogens (tertiary/aromatic N) is 2. The smallest absolute Gasteiger partial charge is 0.214 e. The Hall–Kier alpha value is -2.04. The van der Waals surface area contributed by atoms with Crippen LogP contribution >= 0.6 is 0 Å². The van der Waals surface area contributed by atoms with E-state index in [4.69, 9.17) is 5.73 Å². The SMILES string of the molecule is CCCCCCCCCCCCCC(=O)C1=CC2=NC(CCCCCCCCCC)=NC2=C(N)C1=O. The third-order valence-corrected chi connectivity index (χ3v) is 7.32. The number of rotatable bonds is 22. The minimum atomic E-state index is -0.380. The number of nitrogens with two attached hydrogens (primary N) is 1. The van der Waals surface area contributed by atoms with E-state index >= 15 is 0 Å². The Labute approximate surface area is 220 Å². The van der Waals surface area contributed by atoms with Crippen molar-refractivity contribution in [3.8, 4) is 0 Å². The maximum Gasteiger partial charge on any atom is 0.214 e. The van der Waals surface area contributed by atoms with Gasteiger partial charge in [0.1, 0.15) is 17.2 Å². The van der Waals surface area contributed by atoms with Crippen molar-refractivity contribution in [2.24, 2.45) is 15.7 Å². The molecule has 202 valence electrons. The van der Waals surface area contributed by atoms with Crippen molar-refractivity contribution in [2.75, 3.05) is 0 Å². The van der Waals surface area contributed by atoms with Gasteiger partial charge in [0.2, 0.25) is 5.78 Å². The molecule has 0 radical (unpaired) electrons. The van der Waals surface area contributed by atoms with Gasteiger partial charge < -0.3 is 5.73 Å². The Kier molecular flexibility index (Phi) is 15.3. The van der Waals surface area contributed by atoms with Crippen LogP contribution in [0.5, 0.6) is 0 Å². The quantitative estimate of drug-likeness (QED) is 0.0926. The summed E-state index contributed by atoms with van der Waals surface area (Å²) in [7, 11) is 0. The third kappa shape index (κ3) is 10.9. The predicted molar refractivity (Wildman–Crippen MR) is 152 cm³/mol. The van der Waals surface area contributed by atoms with Crippen LogP contribution in [-0.4, -0.2) is 23.1 Å². The van der Waals surface area contributed by atoms with Crippen molar-refractivity contribution in [3.63, 3.8) is 0 Å². The van der Waals surface area contributed by atoms with Crippen LogP contribution in [0.3, 0.4) is 0 Å². The third-order valence-electron chi connectivity index (χ3n) is 7.32. The number of ketones is 2. The first-order valence-electron chi connectivity index (χ1n) is 15.0. The van der Waals surface area contributed by atoms with Crippen molar-refractivity contribution in [2.45, 2.75) is 149 Å². The van der Waals surface area contributed by atoms with Gasteiger partial charge >= 0.3 is 0 Å². The van der Waals surface area contributed by atoms with Gasteiger partial charge in [0, 0.05) is 12.8 Å². The van der Waals surface area contributed by atoms with Crippen molar-refractivity contribution >= 4 is 23.1 Å². The van der Waals surface area contributed by atoms with Crippen molar-refractivity contribution in [3.05, 3.63) is 23.0 Å². The summed E-state index contributed by atoms with van der Waals surface area (Å²) in [6, 6.07) is 0. The van der Waals surface area contributed by atoms with Gasteiger partial charge in [-0.25, -0.2) is 9.98 Å². The van der Waals surface area contributed by atoms with E-state index in [9.17, 15) is 9.59 Å². The second-order valence-electron chi connectivity index (χ2n) is 10.6. The predicted octanol–water partition coefficient (Wildman–Crippen LogP) is 8.32.